The molecular weight excluding hydrogens is 447 g/mol. The first-order chi connectivity index (χ1) is 16.1. The summed E-state index contributed by atoms with van der Waals surface area (Å²) in [4.78, 5) is 22.7. The van der Waals surface area contributed by atoms with Gasteiger partial charge in [-0.15, -0.1) is 6.42 Å². The number of amides is 1. The van der Waals surface area contributed by atoms with Crippen LogP contribution in [0.5, 0.6) is 0 Å². The highest BCUT2D eigenvalue weighted by atomic mass is 19.4. The van der Waals surface area contributed by atoms with Crippen LogP contribution >= 0.6 is 0 Å². The molecule has 1 saturated carbocycles. The predicted octanol–water partition coefficient (Wildman–Crippen LogP) is 2.80. The van der Waals surface area contributed by atoms with E-state index in [0.717, 1.165) is 50.9 Å². The average molecular weight is 476 g/mol. The number of nitrogens with one attached hydrogen (secondary N) is 2. The van der Waals surface area contributed by atoms with E-state index < -0.39 is 17.8 Å². The second-order valence-electron chi connectivity index (χ2n) is 9.48. The summed E-state index contributed by atoms with van der Waals surface area (Å²) in [7, 11) is 0. The van der Waals surface area contributed by atoms with Gasteiger partial charge < -0.3 is 15.7 Å². The van der Waals surface area contributed by atoms with Crippen molar-refractivity contribution in [2.45, 2.75) is 57.0 Å². The molecule has 2 heterocycles. The summed E-state index contributed by atoms with van der Waals surface area (Å²) >= 11 is 0. The smallest absolute Gasteiger partial charge is 0.380 e. The number of nitrogens with zero attached hydrogens (tertiary/aromatic N) is 3. The Bertz CT molecular complexity index is 1090. The van der Waals surface area contributed by atoms with Crippen LogP contribution in [0.1, 0.15) is 38.2 Å². The molecule has 4 rings (SSSR count). The third-order valence-electron chi connectivity index (χ3n) is 7.09. The van der Waals surface area contributed by atoms with Crippen LogP contribution in [0.3, 0.4) is 0 Å². The van der Waals surface area contributed by atoms with Gasteiger partial charge in [-0.1, -0.05) is 12.8 Å². The number of hydrogen-bond donors (Lipinski definition) is 3. The highest BCUT2D eigenvalue weighted by molar-refractivity contribution is 5.91. The lowest BCUT2D eigenvalue weighted by Gasteiger charge is -2.49. The van der Waals surface area contributed by atoms with E-state index in [9.17, 15) is 23.1 Å². The number of carbonyl (C=O) groups excluding carboxylic acids is 1. The summed E-state index contributed by atoms with van der Waals surface area (Å²) in [6, 6.07) is 3.68. The number of halogens is 3. The third kappa shape index (κ3) is 5.10. The summed E-state index contributed by atoms with van der Waals surface area (Å²) in [5.74, 6) is 2.38. The van der Waals surface area contributed by atoms with Crippen LogP contribution in [0.4, 0.5) is 19.0 Å². The maximum absolute atomic E-state index is 13.1. The van der Waals surface area contributed by atoms with E-state index in [1.807, 2.05) is 6.92 Å². The molecule has 0 radical (unpaired) electrons. The van der Waals surface area contributed by atoms with Gasteiger partial charge in [0.2, 0.25) is 5.91 Å². The maximum Gasteiger partial charge on any atom is 0.416 e. The minimum absolute atomic E-state index is 0.0258. The number of benzene rings is 1. The molecule has 1 aromatic carbocycles. The van der Waals surface area contributed by atoms with Crippen molar-refractivity contribution < 1.29 is 23.1 Å². The zero-order valence-corrected chi connectivity index (χ0v) is 18.9. The number of aliphatic hydroxyl groups excluding tert-OH is 1. The Kier molecular flexibility index (Phi) is 6.69. The number of rotatable bonds is 6. The van der Waals surface area contributed by atoms with Crippen LogP contribution in [0.2, 0.25) is 0 Å². The van der Waals surface area contributed by atoms with E-state index in [4.69, 9.17) is 6.42 Å². The summed E-state index contributed by atoms with van der Waals surface area (Å²) in [6.07, 6.45) is 5.07. The SMILES string of the molecule is C#CC(O)C1(C)CCC(N2CC(NC(=O)CNc3ncnc4ccc(C(F)(F)F)cc34)C2)CC1. The van der Waals surface area contributed by atoms with Gasteiger partial charge in [0.1, 0.15) is 18.2 Å². The largest absolute Gasteiger partial charge is 0.416 e. The van der Waals surface area contributed by atoms with E-state index in [1.54, 1.807) is 0 Å². The number of carbonyl (C=O) groups is 1. The van der Waals surface area contributed by atoms with Gasteiger partial charge in [0.15, 0.2) is 0 Å². The average Bonchev–Trinajstić information content (AvgIpc) is 2.79. The van der Waals surface area contributed by atoms with Crippen molar-refractivity contribution in [1.29, 1.82) is 0 Å². The van der Waals surface area contributed by atoms with Gasteiger partial charge in [0.05, 0.1) is 23.7 Å². The minimum Gasteiger partial charge on any atom is -0.380 e. The fourth-order valence-corrected chi connectivity index (χ4v) is 4.82. The molecule has 10 heteroatoms. The van der Waals surface area contributed by atoms with Gasteiger partial charge in [-0.25, -0.2) is 9.97 Å². The Labute approximate surface area is 196 Å². The number of fused-ring (bicyclic) bond motifs is 1. The Morgan fingerprint density at radius 2 is 2.03 bits per heavy atom. The van der Waals surface area contributed by atoms with E-state index in [-0.39, 0.29) is 35.1 Å². The lowest BCUT2D eigenvalue weighted by atomic mass is 9.70. The number of aliphatic hydroxyl groups is 1. The monoisotopic (exact) mass is 475 g/mol. The molecule has 2 fully saturated rings. The molecule has 0 bridgehead atoms. The minimum atomic E-state index is -4.48. The second-order valence-corrected chi connectivity index (χ2v) is 9.48. The Morgan fingerprint density at radius 1 is 1.32 bits per heavy atom. The number of alkyl halides is 3. The topological polar surface area (TPSA) is 90.4 Å². The van der Waals surface area contributed by atoms with Crippen LogP contribution in [0.15, 0.2) is 24.5 Å². The van der Waals surface area contributed by atoms with E-state index in [2.05, 4.69) is 31.4 Å². The molecule has 1 saturated heterocycles. The summed E-state index contributed by atoms with van der Waals surface area (Å²) in [5.41, 5.74) is -0.672. The highest BCUT2D eigenvalue weighted by Crippen LogP contribution is 2.41. The number of hydrogen-bond acceptors (Lipinski definition) is 6. The van der Waals surface area contributed by atoms with Crippen molar-refractivity contribution in [2.24, 2.45) is 5.41 Å². The maximum atomic E-state index is 13.1. The Morgan fingerprint density at radius 3 is 2.68 bits per heavy atom. The molecule has 1 atom stereocenters. The normalized spacial score (nSPS) is 24.8. The third-order valence-corrected chi connectivity index (χ3v) is 7.09. The zero-order chi connectivity index (χ0) is 24.5. The molecule has 7 nitrogen and oxygen atoms in total. The molecule has 1 aromatic heterocycles. The van der Waals surface area contributed by atoms with Gasteiger partial charge in [0.25, 0.3) is 0 Å². The summed E-state index contributed by atoms with van der Waals surface area (Å²) < 4.78 is 39.2. The molecule has 1 aliphatic carbocycles. The molecular formula is C24H28F3N5O2. The zero-order valence-electron chi connectivity index (χ0n) is 18.9. The molecule has 2 aliphatic rings. The Hall–Kier alpha value is -2.90. The van der Waals surface area contributed by atoms with Crippen molar-refractivity contribution in [3.63, 3.8) is 0 Å². The second kappa shape index (κ2) is 9.39. The van der Waals surface area contributed by atoms with Gasteiger partial charge in [0, 0.05) is 29.9 Å². The lowest BCUT2D eigenvalue weighted by Crippen LogP contribution is -2.63. The van der Waals surface area contributed by atoms with Gasteiger partial charge in [-0.2, -0.15) is 13.2 Å². The van der Waals surface area contributed by atoms with Crippen molar-refractivity contribution in [1.82, 2.24) is 20.2 Å². The van der Waals surface area contributed by atoms with Crippen LogP contribution < -0.4 is 10.6 Å². The first-order valence-corrected chi connectivity index (χ1v) is 11.3. The lowest BCUT2D eigenvalue weighted by molar-refractivity contribution is -0.137. The Balaban J connectivity index is 1.25. The molecule has 2 aromatic rings. The van der Waals surface area contributed by atoms with Crippen LogP contribution in [0, 0.1) is 17.8 Å². The number of likely N-dealkylation sites (tertiary alicyclic amines) is 1. The fourth-order valence-electron chi connectivity index (χ4n) is 4.82. The number of aromatic nitrogens is 2. The van der Waals surface area contributed by atoms with Gasteiger partial charge in [-0.3, -0.25) is 9.69 Å². The molecule has 0 spiro atoms. The van der Waals surface area contributed by atoms with Crippen LogP contribution in [-0.4, -0.2) is 63.7 Å². The highest BCUT2D eigenvalue weighted by Gasteiger charge is 2.41. The summed E-state index contributed by atoms with van der Waals surface area (Å²) in [6.45, 7) is 3.42. The van der Waals surface area contributed by atoms with E-state index in [0.29, 0.717) is 11.6 Å². The molecule has 1 amide bonds. The first-order valence-electron chi connectivity index (χ1n) is 11.3. The number of terminal acetylenes is 1. The molecule has 3 N–H and O–H groups in total. The molecule has 182 valence electrons. The van der Waals surface area contributed by atoms with Crippen LogP contribution in [0.25, 0.3) is 10.9 Å². The van der Waals surface area contributed by atoms with E-state index >= 15 is 0 Å². The quantitative estimate of drug-likeness (QED) is 0.557. The van der Waals surface area contributed by atoms with E-state index in [1.165, 1.54) is 12.4 Å². The van der Waals surface area contributed by atoms with Crippen molar-refractivity contribution in [3.05, 3.63) is 30.1 Å². The predicted molar refractivity (Wildman–Crippen MR) is 122 cm³/mol. The first kappa shape index (κ1) is 24.2. The number of anilines is 1. The van der Waals surface area contributed by atoms with Crippen LogP contribution in [-0.2, 0) is 11.0 Å². The van der Waals surface area contributed by atoms with Gasteiger partial charge in [-0.05, 0) is 43.9 Å². The standard InChI is InChI=1S/C24H28F3N5O2/c1-3-20(33)23(2)8-6-17(7-9-23)32-12-16(13-32)31-21(34)11-28-22-18-10-15(24(25,26)27)4-5-19(18)29-14-30-22/h1,4-5,10,14,16-17,20,33H,6-9,11-13H2,2H3,(H,31,34)(H,28,29,30). The molecule has 1 unspecified atom stereocenters. The fraction of sp³-hybridized carbons (Fsp3) is 0.542. The van der Waals surface area contributed by atoms with Gasteiger partial charge >= 0.3 is 6.18 Å². The van der Waals surface area contributed by atoms with Crippen molar-refractivity contribution in [2.75, 3.05) is 25.0 Å². The molecule has 1 aliphatic heterocycles. The van der Waals surface area contributed by atoms with Crippen molar-refractivity contribution >= 4 is 22.6 Å². The molecule has 34 heavy (non-hydrogen) atoms. The summed E-state index contributed by atoms with van der Waals surface area (Å²) in [5, 5.41) is 16.1. The van der Waals surface area contributed by atoms with Crippen molar-refractivity contribution in [3.8, 4) is 12.3 Å².